The fourth-order valence-electron chi connectivity index (χ4n) is 4.95. The Morgan fingerprint density at radius 3 is 3.00 bits per heavy atom. The van der Waals surface area contributed by atoms with Gasteiger partial charge in [0.05, 0.1) is 18.8 Å². The molecule has 2 heterocycles. The van der Waals surface area contributed by atoms with Crippen molar-refractivity contribution >= 4 is 34.6 Å². The van der Waals surface area contributed by atoms with Crippen LogP contribution in [0.25, 0.3) is 10.9 Å². The lowest BCUT2D eigenvalue weighted by atomic mass is 9.89. The molecule has 0 saturated heterocycles. The van der Waals surface area contributed by atoms with E-state index in [1.165, 1.54) is 27.7 Å². The highest BCUT2D eigenvalue weighted by Gasteiger charge is 2.35. The minimum atomic E-state index is -0.0918. The van der Waals surface area contributed by atoms with Gasteiger partial charge in [0.25, 0.3) is 5.91 Å². The number of hydrazone groups is 1. The number of carbonyl (C=O) groups excluding carboxylic acids is 1. The van der Waals surface area contributed by atoms with Crippen LogP contribution < -0.4 is 5.43 Å². The van der Waals surface area contributed by atoms with Gasteiger partial charge in [-0.1, -0.05) is 41.4 Å². The molecule has 1 aliphatic carbocycles. The van der Waals surface area contributed by atoms with Crippen molar-refractivity contribution in [2.24, 2.45) is 5.10 Å². The Kier molecular flexibility index (Phi) is 5.09. The number of carbonyl (C=O) groups is 1. The third kappa shape index (κ3) is 3.42. The molecule has 30 heavy (non-hydrogen) atoms. The van der Waals surface area contributed by atoms with E-state index in [-0.39, 0.29) is 5.91 Å². The number of amides is 1. The zero-order valence-corrected chi connectivity index (χ0v) is 17.8. The normalized spacial score (nSPS) is 18.7. The lowest BCUT2D eigenvalue weighted by Crippen LogP contribution is -2.44. The summed E-state index contributed by atoms with van der Waals surface area (Å²) in [7, 11) is 0. The SMILES string of the molecule is Cc1ccc2c(c1)c1c3n2CCN(CC(=O)N/N=C\c2ccccc2Cl)C3CCC1. The van der Waals surface area contributed by atoms with Crippen molar-refractivity contribution in [3.63, 3.8) is 0 Å². The number of benzene rings is 2. The Morgan fingerprint density at radius 2 is 2.13 bits per heavy atom. The molecule has 1 unspecified atom stereocenters. The maximum atomic E-state index is 12.6. The van der Waals surface area contributed by atoms with Crippen molar-refractivity contribution in [1.82, 2.24) is 14.9 Å². The molecule has 1 N–H and O–H groups in total. The summed E-state index contributed by atoms with van der Waals surface area (Å²) in [6.45, 7) is 4.30. The summed E-state index contributed by atoms with van der Waals surface area (Å²) >= 11 is 6.13. The van der Waals surface area contributed by atoms with Crippen LogP contribution in [-0.2, 0) is 17.8 Å². The summed E-state index contributed by atoms with van der Waals surface area (Å²) in [5.41, 5.74) is 8.99. The van der Waals surface area contributed by atoms with Gasteiger partial charge in [-0.3, -0.25) is 9.69 Å². The molecule has 5 nitrogen and oxygen atoms in total. The third-order valence-corrected chi connectivity index (χ3v) is 6.63. The summed E-state index contributed by atoms with van der Waals surface area (Å²) in [6.07, 6.45) is 4.97. The van der Waals surface area contributed by atoms with Crippen molar-refractivity contribution in [1.29, 1.82) is 0 Å². The first kappa shape index (κ1) is 19.3. The second-order valence-electron chi connectivity index (χ2n) is 8.23. The highest BCUT2D eigenvalue weighted by molar-refractivity contribution is 6.33. The molecule has 0 radical (unpaired) electrons. The molecule has 6 heteroatoms. The molecule has 1 atom stereocenters. The zero-order valence-electron chi connectivity index (χ0n) is 17.1. The average Bonchev–Trinajstić information content (AvgIpc) is 3.06. The Bertz CT molecular complexity index is 1150. The molecule has 0 saturated carbocycles. The molecule has 1 aliphatic heterocycles. The molecule has 5 rings (SSSR count). The van der Waals surface area contributed by atoms with Crippen LogP contribution in [0.5, 0.6) is 0 Å². The van der Waals surface area contributed by atoms with Gasteiger partial charge in [-0.2, -0.15) is 5.10 Å². The predicted molar refractivity (Wildman–Crippen MR) is 121 cm³/mol. The number of nitrogens with zero attached hydrogens (tertiary/aromatic N) is 3. The van der Waals surface area contributed by atoms with Gasteiger partial charge in [0.15, 0.2) is 0 Å². The molecule has 154 valence electrons. The molecule has 0 fully saturated rings. The van der Waals surface area contributed by atoms with E-state index in [1.807, 2.05) is 18.2 Å². The Hall–Kier alpha value is -2.63. The number of fused-ring (bicyclic) bond motifs is 3. The summed E-state index contributed by atoms with van der Waals surface area (Å²) in [5, 5.41) is 6.11. The van der Waals surface area contributed by atoms with E-state index in [4.69, 9.17) is 11.6 Å². The van der Waals surface area contributed by atoms with E-state index < -0.39 is 0 Å². The van der Waals surface area contributed by atoms with Crippen LogP contribution >= 0.6 is 11.6 Å². The maximum Gasteiger partial charge on any atom is 0.254 e. The summed E-state index contributed by atoms with van der Waals surface area (Å²) in [6, 6.07) is 14.5. The quantitative estimate of drug-likeness (QED) is 0.501. The fraction of sp³-hybridized carbons (Fsp3) is 0.333. The highest BCUT2D eigenvalue weighted by atomic mass is 35.5. The summed E-state index contributed by atoms with van der Waals surface area (Å²) < 4.78 is 2.48. The molecule has 2 aromatic carbocycles. The smallest absolute Gasteiger partial charge is 0.254 e. The van der Waals surface area contributed by atoms with Gasteiger partial charge in [0.1, 0.15) is 0 Å². The van der Waals surface area contributed by atoms with Crippen LogP contribution in [0.15, 0.2) is 47.6 Å². The van der Waals surface area contributed by atoms with Crippen LogP contribution in [0.3, 0.4) is 0 Å². The Labute approximate surface area is 181 Å². The topological polar surface area (TPSA) is 49.6 Å². The second kappa shape index (κ2) is 7.89. The molecule has 1 aromatic heterocycles. The van der Waals surface area contributed by atoms with E-state index in [2.05, 4.69) is 45.1 Å². The minimum Gasteiger partial charge on any atom is -0.342 e. The number of halogens is 1. The first-order valence-corrected chi connectivity index (χ1v) is 10.9. The van der Waals surface area contributed by atoms with Crippen molar-refractivity contribution in [3.05, 3.63) is 69.9 Å². The lowest BCUT2D eigenvalue weighted by molar-refractivity contribution is -0.123. The van der Waals surface area contributed by atoms with Crippen LogP contribution in [0.1, 0.15) is 41.3 Å². The Balaban J connectivity index is 1.33. The molecule has 0 spiro atoms. The van der Waals surface area contributed by atoms with E-state index in [1.54, 1.807) is 12.3 Å². The number of rotatable bonds is 4. The number of aryl methyl sites for hydroxylation is 2. The molecular formula is C24H25ClN4O. The molecule has 3 aromatic rings. The minimum absolute atomic E-state index is 0.0918. The molecule has 0 bridgehead atoms. The summed E-state index contributed by atoms with van der Waals surface area (Å²) in [5.74, 6) is -0.0918. The van der Waals surface area contributed by atoms with Crippen molar-refractivity contribution in [2.75, 3.05) is 13.1 Å². The van der Waals surface area contributed by atoms with Gasteiger partial charge >= 0.3 is 0 Å². The van der Waals surface area contributed by atoms with Crippen molar-refractivity contribution < 1.29 is 4.79 Å². The first-order valence-electron chi connectivity index (χ1n) is 10.5. The van der Waals surface area contributed by atoms with E-state index in [0.29, 0.717) is 17.6 Å². The van der Waals surface area contributed by atoms with Gasteiger partial charge in [-0.15, -0.1) is 0 Å². The molecule has 1 amide bonds. The van der Waals surface area contributed by atoms with Crippen LogP contribution in [0, 0.1) is 6.92 Å². The largest absolute Gasteiger partial charge is 0.342 e. The lowest BCUT2D eigenvalue weighted by Gasteiger charge is -2.39. The second-order valence-corrected chi connectivity index (χ2v) is 8.64. The third-order valence-electron chi connectivity index (χ3n) is 6.28. The number of hydrogen-bond donors (Lipinski definition) is 1. The summed E-state index contributed by atoms with van der Waals surface area (Å²) in [4.78, 5) is 14.9. The first-order chi connectivity index (χ1) is 14.6. The van der Waals surface area contributed by atoms with Gasteiger partial charge in [-0.25, -0.2) is 5.43 Å². The van der Waals surface area contributed by atoms with E-state index >= 15 is 0 Å². The van der Waals surface area contributed by atoms with Crippen molar-refractivity contribution in [2.45, 2.75) is 38.8 Å². The molecular weight excluding hydrogens is 396 g/mol. The maximum absolute atomic E-state index is 12.6. The van der Waals surface area contributed by atoms with Crippen molar-refractivity contribution in [3.8, 4) is 0 Å². The van der Waals surface area contributed by atoms with E-state index in [9.17, 15) is 4.79 Å². The molecule has 2 aliphatic rings. The Morgan fingerprint density at radius 1 is 1.27 bits per heavy atom. The number of nitrogens with one attached hydrogen (secondary N) is 1. The van der Waals surface area contributed by atoms with Crippen LogP contribution in [0.4, 0.5) is 0 Å². The van der Waals surface area contributed by atoms with Crippen LogP contribution in [-0.4, -0.2) is 34.7 Å². The predicted octanol–water partition coefficient (Wildman–Crippen LogP) is 4.45. The van der Waals surface area contributed by atoms with Gasteiger partial charge in [0, 0.05) is 40.3 Å². The van der Waals surface area contributed by atoms with E-state index in [0.717, 1.165) is 37.9 Å². The van der Waals surface area contributed by atoms with Gasteiger partial charge < -0.3 is 4.57 Å². The number of aromatic nitrogens is 1. The monoisotopic (exact) mass is 420 g/mol. The highest BCUT2D eigenvalue weighted by Crippen LogP contribution is 2.42. The fourth-order valence-corrected chi connectivity index (χ4v) is 5.14. The van der Waals surface area contributed by atoms with Gasteiger partial charge in [-0.05, 0) is 49.9 Å². The number of hydrogen-bond acceptors (Lipinski definition) is 3. The standard InChI is InChI=1S/C24H25ClN4O/c1-16-9-10-21-19(13-16)18-6-4-8-22-24(18)29(21)12-11-28(22)15-23(30)27-26-14-17-5-2-3-7-20(17)25/h2-3,5,7,9-10,13-14,22H,4,6,8,11-12,15H2,1H3,(H,27,30)/b26-14-. The zero-order chi connectivity index (χ0) is 20.7. The van der Waals surface area contributed by atoms with Gasteiger partial charge in [0.2, 0.25) is 0 Å². The van der Waals surface area contributed by atoms with Crippen LogP contribution in [0.2, 0.25) is 5.02 Å². The average molecular weight is 421 g/mol.